The molecule has 0 saturated carbocycles. The van der Waals surface area contributed by atoms with E-state index in [0.717, 1.165) is 36.6 Å². The summed E-state index contributed by atoms with van der Waals surface area (Å²) in [6.45, 7) is 2.54. The van der Waals surface area contributed by atoms with Crippen LogP contribution in [0.2, 0.25) is 0 Å². The first-order valence-electron chi connectivity index (χ1n) is 7.89. The van der Waals surface area contributed by atoms with Gasteiger partial charge in [0.05, 0.1) is 41.2 Å². The van der Waals surface area contributed by atoms with Crippen LogP contribution in [-0.2, 0) is 11.3 Å². The normalized spacial score (nSPS) is 21.5. The molecule has 1 atom stereocenters. The van der Waals surface area contributed by atoms with Gasteiger partial charge in [-0.15, -0.1) is 11.8 Å². The van der Waals surface area contributed by atoms with Crippen LogP contribution in [0.4, 0.5) is 5.69 Å². The van der Waals surface area contributed by atoms with Gasteiger partial charge in [-0.05, 0) is 18.6 Å². The standard InChI is InChI=1S/C17H17N5OS/c18-6-16-20-7-14(8-21-16)22-11-17(12-22)5-15(10-24-17)23-9-13-3-1-2-4-19-13/h1-4,7-8,15H,5,9-12H2/t15-/m1/s1. The molecule has 24 heavy (non-hydrogen) atoms. The largest absolute Gasteiger partial charge is 0.371 e. The summed E-state index contributed by atoms with van der Waals surface area (Å²) >= 11 is 2.00. The molecule has 6 nitrogen and oxygen atoms in total. The zero-order chi connectivity index (χ0) is 16.4. The molecule has 2 fully saturated rings. The van der Waals surface area contributed by atoms with Gasteiger partial charge in [-0.3, -0.25) is 4.98 Å². The van der Waals surface area contributed by atoms with E-state index in [-0.39, 0.29) is 16.7 Å². The van der Waals surface area contributed by atoms with Gasteiger partial charge in [0.15, 0.2) is 0 Å². The average Bonchev–Trinajstić information content (AvgIpc) is 3.04. The number of thioether (sulfide) groups is 1. The van der Waals surface area contributed by atoms with E-state index in [0.29, 0.717) is 6.61 Å². The van der Waals surface area contributed by atoms with Crippen molar-refractivity contribution in [1.29, 1.82) is 5.26 Å². The van der Waals surface area contributed by atoms with Gasteiger partial charge in [0, 0.05) is 25.0 Å². The lowest BCUT2D eigenvalue weighted by atomic mass is 9.92. The van der Waals surface area contributed by atoms with Gasteiger partial charge in [0.2, 0.25) is 5.82 Å². The Morgan fingerprint density at radius 2 is 2.12 bits per heavy atom. The van der Waals surface area contributed by atoms with Gasteiger partial charge in [0.25, 0.3) is 0 Å². The Morgan fingerprint density at radius 1 is 1.29 bits per heavy atom. The van der Waals surface area contributed by atoms with E-state index >= 15 is 0 Å². The maximum absolute atomic E-state index is 8.76. The summed E-state index contributed by atoms with van der Waals surface area (Å²) in [7, 11) is 0. The molecule has 2 aromatic heterocycles. The first-order valence-corrected chi connectivity index (χ1v) is 8.87. The second-order valence-electron chi connectivity index (χ2n) is 6.18. The molecule has 0 radical (unpaired) electrons. The van der Waals surface area contributed by atoms with Crippen LogP contribution in [-0.4, -0.2) is 44.6 Å². The van der Waals surface area contributed by atoms with Crippen LogP contribution in [0.1, 0.15) is 17.9 Å². The van der Waals surface area contributed by atoms with Crippen LogP contribution < -0.4 is 4.90 Å². The minimum Gasteiger partial charge on any atom is -0.371 e. The fourth-order valence-electron chi connectivity index (χ4n) is 3.19. The van der Waals surface area contributed by atoms with Gasteiger partial charge < -0.3 is 9.64 Å². The molecule has 2 saturated heterocycles. The Balaban J connectivity index is 1.29. The van der Waals surface area contributed by atoms with E-state index in [2.05, 4.69) is 19.9 Å². The first kappa shape index (κ1) is 15.4. The number of nitrogens with zero attached hydrogens (tertiary/aromatic N) is 5. The van der Waals surface area contributed by atoms with Crippen molar-refractivity contribution >= 4 is 17.4 Å². The number of rotatable bonds is 4. The van der Waals surface area contributed by atoms with E-state index in [1.807, 2.05) is 36.0 Å². The van der Waals surface area contributed by atoms with Gasteiger partial charge in [-0.1, -0.05) is 6.07 Å². The lowest BCUT2D eigenvalue weighted by molar-refractivity contribution is 0.0459. The Morgan fingerprint density at radius 3 is 2.83 bits per heavy atom. The third-order valence-electron chi connectivity index (χ3n) is 4.43. The second-order valence-corrected chi connectivity index (χ2v) is 7.67. The molecule has 4 rings (SSSR count). The zero-order valence-electron chi connectivity index (χ0n) is 13.1. The highest BCUT2D eigenvalue weighted by Gasteiger charge is 2.49. The molecule has 2 aromatic rings. The van der Waals surface area contributed by atoms with Crippen LogP contribution in [0.15, 0.2) is 36.8 Å². The molecule has 0 bridgehead atoms. The summed E-state index contributed by atoms with van der Waals surface area (Å²) in [5, 5.41) is 8.76. The zero-order valence-corrected chi connectivity index (χ0v) is 13.9. The fourth-order valence-corrected chi connectivity index (χ4v) is 4.74. The van der Waals surface area contributed by atoms with Gasteiger partial charge in [-0.2, -0.15) is 5.26 Å². The summed E-state index contributed by atoms with van der Waals surface area (Å²) in [4.78, 5) is 14.6. The predicted molar refractivity (Wildman–Crippen MR) is 91.6 cm³/mol. The number of hydrogen-bond donors (Lipinski definition) is 0. The number of pyridine rings is 1. The van der Waals surface area contributed by atoms with Crippen LogP contribution in [0, 0.1) is 11.3 Å². The number of anilines is 1. The minimum absolute atomic E-state index is 0.215. The molecular formula is C17H17N5OS. The number of aromatic nitrogens is 3. The molecular weight excluding hydrogens is 322 g/mol. The predicted octanol–water partition coefficient (Wildman–Crippen LogP) is 2.02. The van der Waals surface area contributed by atoms with E-state index in [1.165, 1.54) is 0 Å². The Kier molecular flexibility index (Phi) is 4.08. The van der Waals surface area contributed by atoms with Crippen molar-refractivity contribution in [3.05, 3.63) is 48.3 Å². The molecule has 1 spiro atoms. The highest BCUT2D eigenvalue weighted by molar-refractivity contribution is 8.01. The SMILES string of the molecule is N#Cc1ncc(N2CC3(C[C@@H](OCc4ccccn4)CS3)C2)cn1. The quantitative estimate of drug-likeness (QED) is 0.843. The lowest BCUT2D eigenvalue weighted by Crippen LogP contribution is -2.59. The van der Waals surface area contributed by atoms with Crippen molar-refractivity contribution < 1.29 is 4.74 Å². The van der Waals surface area contributed by atoms with Gasteiger partial charge in [0.1, 0.15) is 6.07 Å². The van der Waals surface area contributed by atoms with E-state index in [9.17, 15) is 0 Å². The maximum Gasteiger partial charge on any atom is 0.232 e. The second kappa shape index (κ2) is 6.38. The van der Waals surface area contributed by atoms with Crippen molar-refractivity contribution in [2.45, 2.75) is 23.9 Å². The van der Waals surface area contributed by atoms with E-state index < -0.39 is 0 Å². The molecule has 7 heteroatoms. The maximum atomic E-state index is 8.76. The van der Waals surface area contributed by atoms with Crippen LogP contribution in [0.3, 0.4) is 0 Å². The molecule has 0 aromatic carbocycles. The number of hydrogen-bond acceptors (Lipinski definition) is 7. The van der Waals surface area contributed by atoms with Crippen molar-refractivity contribution in [3.63, 3.8) is 0 Å². The molecule has 0 amide bonds. The van der Waals surface area contributed by atoms with Crippen LogP contribution in [0.25, 0.3) is 0 Å². The molecule has 2 aliphatic heterocycles. The van der Waals surface area contributed by atoms with Crippen molar-refractivity contribution in [1.82, 2.24) is 15.0 Å². The molecule has 0 unspecified atom stereocenters. The smallest absolute Gasteiger partial charge is 0.232 e. The average molecular weight is 339 g/mol. The summed E-state index contributed by atoms with van der Waals surface area (Å²) in [5.74, 6) is 1.25. The first-order chi connectivity index (χ1) is 11.8. The summed E-state index contributed by atoms with van der Waals surface area (Å²) < 4.78 is 6.31. The number of nitriles is 1. The number of ether oxygens (including phenoxy) is 1. The van der Waals surface area contributed by atoms with Crippen molar-refractivity contribution in [2.24, 2.45) is 0 Å². The Hall–Kier alpha value is -2.17. The molecule has 122 valence electrons. The minimum atomic E-state index is 0.215. The Labute approximate surface area is 144 Å². The van der Waals surface area contributed by atoms with Crippen molar-refractivity contribution in [3.8, 4) is 6.07 Å². The molecule has 2 aliphatic rings. The van der Waals surface area contributed by atoms with Crippen LogP contribution in [0.5, 0.6) is 0 Å². The Bertz CT molecular complexity index is 740. The van der Waals surface area contributed by atoms with Gasteiger partial charge >= 0.3 is 0 Å². The summed E-state index contributed by atoms with van der Waals surface area (Å²) in [5.41, 5.74) is 1.96. The van der Waals surface area contributed by atoms with Crippen molar-refractivity contribution in [2.75, 3.05) is 23.7 Å². The molecule has 0 N–H and O–H groups in total. The third-order valence-corrected chi connectivity index (χ3v) is 6.01. The van der Waals surface area contributed by atoms with Crippen LogP contribution >= 0.6 is 11.8 Å². The summed E-state index contributed by atoms with van der Waals surface area (Å²) in [6, 6.07) is 7.84. The summed E-state index contributed by atoms with van der Waals surface area (Å²) in [6.07, 6.45) is 6.61. The highest BCUT2D eigenvalue weighted by Crippen LogP contribution is 2.47. The monoisotopic (exact) mass is 339 g/mol. The third kappa shape index (κ3) is 3.07. The van der Waals surface area contributed by atoms with Gasteiger partial charge in [-0.25, -0.2) is 9.97 Å². The van der Waals surface area contributed by atoms with E-state index in [1.54, 1.807) is 18.6 Å². The highest BCUT2D eigenvalue weighted by atomic mass is 32.2. The molecule has 4 heterocycles. The fraction of sp³-hybridized carbons (Fsp3) is 0.412. The lowest BCUT2D eigenvalue weighted by Gasteiger charge is -2.48. The molecule has 0 aliphatic carbocycles. The topological polar surface area (TPSA) is 74.9 Å². The van der Waals surface area contributed by atoms with E-state index in [4.69, 9.17) is 10.00 Å².